The van der Waals surface area contributed by atoms with Gasteiger partial charge in [0.15, 0.2) is 0 Å². The monoisotopic (exact) mass is 258 g/mol. The van der Waals surface area contributed by atoms with Crippen molar-refractivity contribution in [1.82, 2.24) is 4.90 Å². The smallest absolute Gasteiger partial charge is 0.410 e. The predicted molar refractivity (Wildman–Crippen MR) is 63.0 cm³/mol. The zero-order chi connectivity index (χ0) is 14.2. The molecule has 0 bridgehead atoms. The van der Waals surface area contributed by atoms with Gasteiger partial charge in [0.25, 0.3) is 0 Å². The number of carboxylic acids is 1. The van der Waals surface area contributed by atoms with Crippen molar-refractivity contribution in [1.29, 1.82) is 0 Å². The molecule has 7 heteroatoms. The molecule has 0 fully saturated rings. The zero-order valence-electron chi connectivity index (χ0n) is 10.8. The molecule has 0 unspecified atom stereocenters. The Balaban J connectivity index is 4.47. The summed E-state index contributed by atoms with van der Waals surface area (Å²) in [4.78, 5) is 36.7. The van der Waals surface area contributed by atoms with E-state index in [-0.39, 0.29) is 26.1 Å². The SMILES string of the molecule is CC(C)(C)OC(=O)N(CCN=C=O)CCC(=O)O. The summed E-state index contributed by atoms with van der Waals surface area (Å²) in [5.41, 5.74) is -0.660. The Hall–Kier alpha value is -1.88. The zero-order valence-corrected chi connectivity index (χ0v) is 10.8. The van der Waals surface area contributed by atoms with Crippen LogP contribution >= 0.6 is 0 Å². The number of rotatable bonds is 6. The molecule has 0 atom stereocenters. The molecule has 0 aliphatic heterocycles. The number of carbonyl (C=O) groups is 2. The molecule has 0 aromatic rings. The number of hydrogen-bond donors (Lipinski definition) is 1. The Morgan fingerprint density at radius 2 is 1.94 bits per heavy atom. The fourth-order valence-electron chi connectivity index (χ4n) is 1.07. The number of nitrogens with zero attached hydrogens (tertiary/aromatic N) is 2. The van der Waals surface area contributed by atoms with Crippen LogP contribution in [0.3, 0.4) is 0 Å². The van der Waals surface area contributed by atoms with E-state index in [1.165, 1.54) is 11.0 Å². The predicted octanol–water partition coefficient (Wildman–Crippen LogP) is 1.03. The van der Waals surface area contributed by atoms with Crippen LogP contribution in [0.5, 0.6) is 0 Å². The second-order valence-electron chi connectivity index (χ2n) is 4.58. The molecule has 0 heterocycles. The van der Waals surface area contributed by atoms with E-state index in [4.69, 9.17) is 9.84 Å². The van der Waals surface area contributed by atoms with Crippen LogP contribution in [0.1, 0.15) is 27.2 Å². The van der Waals surface area contributed by atoms with E-state index >= 15 is 0 Å². The second-order valence-corrected chi connectivity index (χ2v) is 4.58. The maximum absolute atomic E-state index is 11.7. The van der Waals surface area contributed by atoms with Crippen LogP contribution in [-0.2, 0) is 14.3 Å². The van der Waals surface area contributed by atoms with Gasteiger partial charge in [-0.15, -0.1) is 0 Å². The maximum atomic E-state index is 11.7. The second kappa shape index (κ2) is 7.45. The average molecular weight is 258 g/mol. The van der Waals surface area contributed by atoms with Crippen molar-refractivity contribution in [2.75, 3.05) is 19.6 Å². The lowest BCUT2D eigenvalue weighted by atomic mass is 10.2. The van der Waals surface area contributed by atoms with Gasteiger partial charge in [-0.05, 0) is 20.8 Å². The van der Waals surface area contributed by atoms with E-state index in [1.807, 2.05) is 0 Å². The summed E-state index contributed by atoms with van der Waals surface area (Å²) < 4.78 is 5.12. The number of aliphatic imine (C=N–C) groups is 1. The first kappa shape index (κ1) is 16.1. The minimum Gasteiger partial charge on any atom is -0.481 e. The van der Waals surface area contributed by atoms with Crippen molar-refractivity contribution in [3.63, 3.8) is 0 Å². The number of carbonyl (C=O) groups excluding carboxylic acids is 2. The van der Waals surface area contributed by atoms with Crippen molar-refractivity contribution in [3.8, 4) is 0 Å². The molecule has 1 N–H and O–H groups in total. The first-order chi connectivity index (χ1) is 8.26. The van der Waals surface area contributed by atoms with Gasteiger partial charge >= 0.3 is 12.1 Å². The van der Waals surface area contributed by atoms with Crippen molar-refractivity contribution in [3.05, 3.63) is 0 Å². The standard InChI is InChI=1S/C11H18N2O5/c1-11(2,3)18-10(17)13(6-4-9(15)16)7-5-12-8-14/h4-7H2,1-3H3,(H,15,16). The molecule has 18 heavy (non-hydrogen) atoms. The third-order valence-electron chi connectivity index (χ3n) is 1.79. The molecular weight excluding hydrogens is 240 g/mol. The van der Waals surface area contributed by atoms with Crippen molar-refractivity contribution >= 4 is 18.1 Å². The molecule has 1 amide bonds. The quantitative estimate of drug-likeness (QED) is 0.567. The van der Waals surface area contributed by atoms with Gasteiger partial charge < -0.3 is 14.7 Å². The van der Waals surface area contributed by atoms with Gasteiger partial charge in [0.1, 0.15) is 5.60 Å². The summed E-state index contributed by atoms with van der Waals surface area (Å²) in [6.45, 7) is 5.34. The molecule has 0 spiro atoms. The van der Waals surface area contributed by atoms with Crippen LogP contribution in [0.4, 0.5) is 4.79 Å². The van der Waals surface area contributed by atoms with E-state index in [2.05, 4.69) is 4.99 Å². The molecular formula is C11H18N2O5. The van der Waals surface area contributed by atoms with Crippen LogP contribution in [0.2, 0.25) is 0 Å². The lowest BCUT2D eigenvalue weighted by molar-refractivity contribution is -0.137. The van der Waals surface area contributed by atoms with Gasteiger partial charge in [-0.2, -0.15) is 0 Å². The molecule has 0 aromatic carbocycles. The van der Waals surface area contributed by atoms with Crippen molar-refractivity contribution < 1.29 is 24.2 Å². The normalized spacial score (nSPS) is 10.4. The van der Waals surface area contributed by atoms with E-state index in [1.54, 1.807) is 20.8 Å². The molecule has 102 valence electrons. The molecule has 0 aliphatic carbocycles. The minimum atomic E-state index is -1.01. The van der Waals surface area contributed by atoms with Crippen LogP contribution in [0, 0.1) is 0 Å². The minimum absolute atomic E-state index is 0.0125. The summed E-state index contributed by atoms with van der Waals surface area (Å²) in [5.74, 6) is -1.01. The number of carboxylic acid groups (broad SMARTS) is 1. The number of ether oxygens (including phenoxy) is 1. The lowest BCUT2D eigenvalue weighted by Gasteiger charge is -2.26. The van der Waals surface area contributed by atoms with Gasteiger partial charge in [0.2, 0.25) is 6.08 Å². The molecule has 0 saturated carbocycles. The van der Waals surface area contributed by atoms with Crippen molar-refractivity contribution in [2.45, 2.75) is 32.8 Å². The number of amides is 1. The topological polar surface area (TPSA) is 96.3 Å². The third kappa shape index (κ3) is 8.29. The van der Waals surface area contributed by atoms with Gasteiger partial charge in [-0.3, -0.25) is 4.79 Å². The Morgan fingerprint density at radius 1 is 1.33 bits per heavy atom. The third-order valence-corrected chi connectivity index (χ3v) is 1.79. The first-order valence-corrected chi connectivity index (χ1v) is 5.49. The number of isocyanates is 1. The van der Waals surface area contributed by atoms with Crippen molar-refractivity contribution in [2.24, 2.45) is 4.99 Å². The van der Waals surface area contributed by atoms with Gasteiger partial charge in [-0.1, -0.05) is 0 Å². The highest BCUT2D eigenvalue weighted by Gasteiger charge is 2.22. The van der Waals surface area contributed by atoms with E-state index in [9.17, 15) is 14.4 Å². The molecule has 7 nitrogen and oxygen atoms in total. The fraction of sp³-hybridized carbons (Fsp3) is 0.727. The highest BCUT2D eigenvalue weighted by atomic mass is 16.6. The summed E-state index contributed by atoms with van der Waals surface area (Å²) in [6.07, 6.45) is 0.544. The van der Waals surface area contributed by atoms with E-state index in [0.717, 1.165) is 0 Å². The molecule has 0 rings (SSSR count). The van der Waals surface area contributed by atoms with Gasteiger partial charge in [0.05, 0.1) is 13.0 Å². The summed E-state index contributed by atoms with van der Waals surface area (Å²) in [7, 11) is 0. The number of hydrogen-bond acceptors (Lipinski definition) is 5. The highest BCUT2D eigenvalue weighted by Crippen LogP contribution is 2.10. The maximum Gasteiger partial charge on any atom is 0.410 e. The van der Waals surface area contributed by atoms with Crippen LogP contribution < -0.4 is 0 Å². The Labute approximate surface area is 105 Å². The van der Waals surface area contributed by atoms with Crippen LogP contribution in [0.15, 0.2) is 4.99 Å². The van der Waals surface area contributed by atoms with E-state index < -0.39 is 17.7 Å². The average Bonchev–Trinajstić information content (AvgIpc) is 2.20. The van der Waals surface area contributed by atoms with E-state index in [0.29, 0.717) is 0 Å². The number of aliphatic carboxylic acids is 1. The highest BCUT2D eigenvalue weighted by molar-refractivity contribution is 5.70. The fourth-order valence-corrected chi connectivity index (χ4v) is 1.07. The Morgan fingerprint density at radius 3 is 2.39 bits per heavy atom. The lowest BCUT2D eigenvalue weighted by Crippen LogP contribution is -2.39. The largest absolute Gasteiger partial charge is 0.481 e. The Kier molecular flexibility index (Phi) is 6.67. The molecule has 0 radical (unpaired) electrons. The summed E-state index contributed by atoms with van der Waals surface area (Å²) >= 11 is 0. The molecule has 0 saturated heterocycles. The van der Waals surface area contributed by atoms with Crippen LogP contribution in [0.25, 0.3) is 0 Å². The molecule has 0 aliphatic rings. The van der Waals surface area contributed by atoms with Gasteiger partial charge in [-0.25, -0.2) is 14.6 Å². The summed E-state index contributed by atoms with van der Waals surface area (Å²) in [6, 6.07) is 0. The first-order valence-electron chi connectivity index (χ1n) is 5.49. The molecule has 0 aromatic heterocycles. The van der Waals surface area contributed by atoms with Gasteiger partial charge in [0, 0.05) is 13.1 Å². The Bertz CT molecular complexity index is 336. The summed E-state index contributed by atoms with van der Waals surface area (Å²) in [5, 5.41) is 8.58. The van der Waals surface area contributed by atoms with Crippen LogP contribution in [-0.4, -0.2) is 53.4 Å².